The number of hydrogen-bond donors (Lipinski definition) is 2. The lowest BCUT2D eigenvalue weighted by Crippen LogP contribution is -2.58. The maximum atomic E-state index is 12.5. The first-order chi connectivity index (χ1) is 11.9. The summed E-state index contributed by atoms with van der Waals surface area (Å²) in [7, 11) is 0. The lowest BCUT2D eigenvalue weighted by molar-refractivity contribution is -0.138. The summed E-state index contributed by atoms with van der Waals surface area (Å²) in [5.41, 5.74) is 6.44. The van der Waals surface area contributed by atoms with Gasteiger partial charge in [-0.05, 0) is 18.9 Å². The van der Waals surface area contributed by atoms with Gasteiger partial charge in [0.05, 0.1) is 12.1 Å². The van der Waals surface area contributed by atoms with E-state index in [0.29, 0.717) is 45.7 Å². The first-order valence-electron chi connectivity index (χ1n) is 9.03. The average molecular weight is 383 g/mol. The highest BCUT2D eigenvalue weighted by atomic mass is 35.5. The zero-order valence-electron chi connectivity index (χ0n) is 15.7. The molecule has 0 aromatic heterocycles. The maximum Gasteiger partial charge on any atom is 0.242 e. The molecule has 146 valence electrons. The quantitative estimate of drug-likeness (QED) is 0.746. The van der Waals surface area contributed by atoms with Crippen LogP contribution in [0.5, 0.6) is 0 Å². The van der Waals surface area contributed by atoms with Gasteiger partial charge in [0.2, 0.25) is 11.8 Å². The lowest BCUT2D eigenvalue weighted by Gasteiger charge is -2.38. The number of piperazine rings is 1. The number of rotatable bonds is 7. The number of nitrogens with one attached hydrogen (secondary N) is 1. The molecule has 2 rings (SSSR count). The number of carbonyl (C=O) groups is 2. The van der Waals surface area contributed by atoms with E-state index >= 15 is 0 Å². The van der Waals surface area contributed by atoms with Crippen LogP contribution in [0.3, 0.4) is 0 Å². The third-order valence-corrected chi connectivity index (χ3v) is 4.62. The molecule has 0 radical (unpaired) electrons. The number of nitrogens with zero attached hydrogens (tertiary/aromatic N) is 2. The van der Waals surface area contributed by atoms with Crippen LogP contribution in [0.2, 0.25) is 0 Å². The van der Waals surface area contributed by atoms with E-state index in [1.54, 1.807) is 0 Å². The van der Waals surface area contributed by atoms with Crippen molar-refractivity contribution in [2.45, 2.75) is 38.8 Å². The maximum absolute atomic E-state index is 12.5. The van der Waals surface area contributed by atoms with Gasteiger partial charge in [0, 0.05) is 32.7 Å². The minimum Gasteiger partial charge on any atom is -0.351 e. The Bertz CT molecular complexity index is 572. The van der Waals surface area contributed by atoms with Gasteiger partial charge in [-0.3, -0.25) is 14.5 Å². The van der Waals surface area contributed by atoms with Crippen LogP contribution in [0, 0.1) is 0 Å². The molecular formula is C19H31ClN4O2. The second-order valence-electron chi connectivity index (χ2n) is 7.00. The summed E-state index contributed by atoms with van der Waals surface area (Å²) in [5.74, 6) is 0.0285. The first-order valence-corrected chi connectivity index (χ1v) is 9.03. The molecule has 26 heavy (non-hydrogen) atoms. The van der Waals surface area contributed by atoms with Gasteiger partial charge in [0.25, 0.3) is 0 Å². The van der Waals surface area contributed by atoms with Crippen molar-refractivity contribution in [3.63, 3.8) is 0 Å². The van der Waals surface area contributed by atoms with E-state index in [1.165, 1.54) is 0 Å². The number of hydrogen-bond acceptors (Lipinski definition) is 4. The van der Waals surface area contributed by atoms with E-state index in [1.807, 2.05) is 49.1 Å². The molecule has 1 aromatic rings. The zero-order valence-corrected chi connectivity index (χ0v) is 16.6. The molecule has 2 amide bonds. The number of carbonyl (C=O) groups excluding carboxylic acids is 2. The number of halogens is 1. The normalized spacial score (nSPS) is 17.1. The Morgan fingerprint density at radius 3 is 2.35 bits per heavy atom. The molecule has 6 nitrogen and oxygen atoms in total. The lowest BCUT2D eigenvalue weighted by atomic mass is 9.95. The van der Waals surface area contributed by atoms with Gasteiger partial charge in [0.15, 0.2) is 0 Å². The molecule has 0 bridgehead atoms. The van der Waals surface area contributed by atoms with Crippen molar-refractivity contribution in [1.82, 2.24) is 15.1 Å². The molecule has 1 aromatic carbocycles. The molecule has 1 fully saturated rings. The van der Waals surface area contributed by atoms with Crippen molar-refractivity contribution in [3.8, 4) is 0 Å². The highest BCUT2D eigenvalue weighted by molar-refractivity contribution is 5.86. The van der Waals surface area contributed by atoms with E-state index in [-0.39, 0.29) is 24.2 Å². The smallest absolute Gasteiger partial charge is 0.242 e. The molecule has 1 aliphatic rings. The minimum absolute atomic E-state index is 0. The number of benzene rings is 1. The molecule has 1 unspecified atom stereocenters. The van der Waals surface area contributed by atoms with E-state index in [2.05, 4.69) is 10.2 Å². The van der Waals surface area contributed by atoms with Crippen molar-refractivity contribution in [1.29, 1.82) is 0 Å². The average Bonchev–Trinajstić information content (AvgIpc) is 2.61. The summed E-state index contributed by atoms with van der Waals surface area (Å²) < 4.78 is 0. The molecule has 0 spiro atoms. The molecule has 0 saturated carbocycles. The van der Waals surface area contributed by atoms with E-state index < -0.39 is 5.54 Å². The topological polar surface area (TPSA) is 78.7 Å². The molecule has 1 aliphatic heterocycles. The Labute approximate surface area is 162 Å². The minimum atomic E-state index is -0.788. The summed E-state index contributed by atoms with van der Waals surface area (Å²) in [5, 5.41) is 2.94. The summed E-state index contributed by atoms with van der Waals surface area (Å²) in [6, 6.07) is 9.86. The van der Waals surface area contributed by atoms with Gasteiger partial charge < -0.3 is 16.0 Å². The monoisotopic (exact) mass is 382 g/mol. The Hall–Kier alpha value is -1.63. The summed E-state index contributed by atoms with van der Waals surface area (Å²) in [4.78, 5) is 28.5. The van der Waals surface area contributed by atoms with Crippen LogP contribution in [0.1, 0.15) is 32.3 Å². The fourth-order valence-electron chi connectivity index (χ4n) is 3.15. The van der Waals surface area contributed by atoms with Crippen molar-refractivity contribution >= 4 is 24.2 Å². The number of amides is 2. The van der Waals surface area contributed by atoms with Crippen LogP contribution in [0.25, 0.3) is 0 Å². The Kier molecular flexibility index (Phi) is 9.05. The van der Waals surface area contributed by atoms with Gasteiger partial charge in [0.1, 0.15) is 0 Å². The van der Waals surface area contributed by atoms with Crippen LogP contribution in [-0.2, 0) is 16.1 Å². The van der Waals surface area contributed by atoms with E-state index in [0.717, 1.165) is 12.0 Å². The molecule has 3 N–H and O–H groups in total. The van der Waals surface area contributed by atoms with Gasteiger partial charge in [-0.15, -0.1) is 12.4 Å². The van der Waals surface area contributed by atoms with E-state index in [4.69, 9.17) is 5.73 Å². The van der Waals surface area contributed by atoms with Gasteiger partial charge >= 0.3 is 0 Å². The van der Waals surface area contributed by atoms with Crippen molar-refractivity contribution in [2.24, 2.45) is 5.73 Å². The predicted octanol–water partition coefficient (Wildman–Crippen LogP) is 1.39. The molecule has 1 saturated heterocycles. The summed E-state index contributed by atoms with van der Waals surface area (Å²) in [6.07, 6.45) is 1.58. The zero-order chi connectivity index (χ0) is 18.3. The van der Waals surface area contributed by atoms with Gasteiger partial charge in [-0.25, -0.2) is 0 Å². The molecule has 1 atom stereocenters. The highest BCUT2D eigenvalue weighted by Crippen LogP contribution is 2.14. The van der Waals surface area contributed by atoms with Crippen molar-refractivity contribution < 1.29 is 9.59 Å². The molecule has 1 heterocycles. The standard InChI is InChI=1S/C19H30N4O2.ClH/c1-3-9-19(2,20)18(25)23-12-10-22(11-13-23)15-17(24)21-14-16-7-5-4-6-8-16;/h4-8H,3,9-15,20H2,1-2H3,(H,21,24);1H. The Morgan fingerprint density at radius 1 is 1.15 bits per heavy atom. The predicted molar refractivity (Wildman–Crippen MR) is 106 cm³/mol. The van der Waals surface area contributed by atoms with Crippen LogP contribution < -0.4 is 11.1 Å². The first kappa shape index (κ1) is 22.4. The molecule has 7 heteroatoms. The van der Waals surface area contributed by atoms with Crippen LogP contribution in [0.4, 0.5) is 0 Å². The van der Waals surface area contributed by atoms with Crippen molar-refractivity contribution in [3.05, 3.63) is 35.9 Å². The molecule has 0 aliphatic carbocycles. The van der Waals surface area contributed by atoms with Crippen molar-refractivity contribution in [2.75, 3.05) is 32.7 Å². The SMILES string of the molecule is CCCC(C)(N)C(=O)N1CCN(CC(=O)NCc2ccccc2)CC1.Cl. The fraction of sp³-hybridized carbons (Fsp3) is 0.579. The summed E-state index contributed by atoms with van der Waals surface area (Å²) >= 11 is 0. The Morgan fingerprint density at radius 2 is 1.77 bits per heavy atom. The third kappa shape index (κ3) is 6.59. The second kappa shape index (κ2) is 10.5. The summed E-state index contributed by atoms with van der Waals surface area (Å²) in [6.45, 7) is 7.40. The Balaban J connectivity index is 0.00000338. The van der Waals surface area contributed by atoms with Crippen LogP contribution >= 0.6 is 12.4 Å². The third-order valence-electron chi connectivity index (χ3n) is 4.62. The number of nitrogens with two attached hydrogens (primary N) is 1. The van der Waals surface area contributed by atoms with Gasteiger partial charge in [-0.2, -0.15) is 0 Å². The van der Waals surface area contributed by atoms with Crippen LogP contribution in [0.15, 0.2) is 30.3 Å². The highest BCUT2D eigenvalue weighted by Gasteiger charge is 2.33. The van der Waals surface area contributed by atoms with Gasteiger partial charge in [-0.1, -0.05) is 43.7 Å². The second-order valence-corrected chi connectivity index (χ2v) is 7.00. The molecular weight excluding hydrogens is 352 g/mol. The van der Waals surface area contributed by atoms with E-state index in [9.17, 15) is 9.59 Å². The fourth-order valence-corrected chi connectivity index (χ4v) is 3.15. The van der Waals surface area contributed by atoms with Crippen LogP contribution in [-0.4, -0.2) is 59.9 Å². The largest absolute Gasteiger partial charge is 0.351 e.